The number of aryl methyl sites for hydroxylation is 1. The fraction of sp³-hybridized carbons (Fsp3) is 0.375. The Hall–Kier alpha value is -3.30. The molecule has 0 amide bonds. The number of halogens is 1. The Morgan fingerprint density at radius 2 is 2.00 bits per heavy atom. The molecule has 2 aromatic heterocycles. The summed E-state index contributed by atoms with van der Waals surface area (Å²) in [6.07, 6.45) is 4.43. The van der Waals surface area contributed by atoms with E-state index in [4.69, 9.17) is 4.74 Å². The van der Waals surface area contributed by atoms with E-state index in [0.717, 1.165) is 11.1 Å². The minimum atomic E-state index is -1.07. The number of nitrogens with one attached hydrogen (secondary N) is 1. The smallest absolute Gasteiger partial charge is 0.250 e. The van der Waals surface area contributed by atoms with Crippen molar-refractivity contribution in [1.29, 1.82) is 0 Å². The molecule has 2 N–H and O–H groups in total. The minimum absolute atomic E-state index is 0.0404. The summed E-state index contributed by atoms with van der Waals surface area (Å²) in [5, 5.41) is 13.9. The third kappa shape index (κ3) is 4.09. The molecular formula is C24H26FN5O3. The molecule has 0 radical (unpaired) electrons. The molecule has 2 bridgehead atoms. The number of anilines is 1. The molecule has 3 aromatic rings. The van der Waals surface area contributed by atoms with E-state index in [1.165, 1.54) is 10.6 Å². The zero-order valence-corrected chi connectivity index (χ0v) is 18.5. The van der Waals surface area contributed by atoms with Gasteiger partial charge in [0.25, 0.3) is 5.56 Å². The van der Waals surface area contributed by atoms with Crippen LogP contribution >= 0.6 is 0 Å². The number of hydrogen-bond acceptors (Lipinski definition) is 7. The maximum atomic E-state index is 15.0. The average molecular weight is 452 g/mol. The van der Waals surface area contributed by atoms with Gasteiger partial charge in [-0.15, -0.1) is 0 Å². The Morgan fingerprint density at radius 3 is 2.73 bits per heavy atom. The van der Waals surface area contributed by atoms with Crippen molar-refractivity contribution < 1.29 is 14.2 Å². The number of pyridine rings is 1. The Balaban J connectivity index is 1.36. The van der Waals surface area contributed by atoms with E-state index in [1.807, 2.05) is 24.1 Å². The normalized spacial score (nSPS) is 24.5. The van der Waals surface area contributed by atoms with E-state index in [1.54, 1.807) is 37.8 Å². The van der Waals surface area contributed by atoms with E-state index < -0.39 is 6.17 Å². The second-order valence-electron chi connectivity index (χ2n) is 8.72. The van der Waals surface area contributed by atoms with Gasteiger partial charge in [0.05, 0.1) is 43.4 Å². The number of morpholine rings is 1. The van der Waals surface area contributed by atoms with Gasteiger partial charge in [-0.2, -0.15) is 0 Å². The Labute approximate surface area is 190 Å². The average Bonchev–Trinajstić information content (AvgIpc) is 2.83. The number of nitrogens with zero attached hydrogens (tertiary/aromatic N) is 4. The minimum Gasteiger partial charge on any atom is -0.507 e. The molecule has 2 fully saturated rings. The van der Waals surface area contributed by atoms with Crippen LogP contribution in [0, 0.1) is 0 Å². The van der Waals surface area contributed by atoms with Crippen LogP contribution in [-0.2, 0) is 11.8 Å². The van der Waals surface area contributed by atoms with E-state index >= 15 is 0 Å². The van der Waals surface area contributed by atoms with Crippen LogP contribution in [0.25, 0.3) is 22.4 Å². The second-order valence-corrected chi connectivity index (χ2v) is 8.72. The lowest BCUT2D eigenvalue weighted by atomic mass is 9.90. The standard InChI is InChI=1S/C24H26FN5O3/c1-29-6-5-15(8-23(29)32)14-3-4-17(21(31)7-14)18-10-27-22(11-26-18)30(2)20-9-16-12-33-13-19(28-16)24(20)25/h3-8,10-11,16,19-20,24,28,31H,9,12-13H2,1-2H3/t16?,19?,20-,24+/m1/s1. The van der Waals surface area contributed by atoms with Gasteiger partial charge >= 0.3 is 0 Å². The lowest BCUT2D eigenvalue weighted by Gasteiger charge is -2.45. The molecule has 9 heteroatoms. The Morgan fingerprint density at radius 1 is 1.18 bits per heavy atom. The first-order valence-electron chi connectivity index (χ1n) is 10.9. The number of fused-ring (bicyclic) bond motifs is 2. The highest BCUT2D eigenvalue weighted by atomic mass is 19.1. The number of ether oxygens (including phenoxy) is 1. The first kappa shape index (κ1) is 21.5. The van der Waals surface area contributed by atoms with Crippen molar-refractivity contribution in [2.75, 3.05) is 25.2 Å². The number of aromatic hydroxyl groups is 1. The fourth-order valence-electron chi connectivity index (χ4n) is 4.59. The van der Waals surface area contributed by atoms with Gasteiger partial charge in [-0.1, -0.05) is 6.07 Å². The van der Waals surface area contributed by atoms with Gasteiger partial charge in [0.1, 0.15) is 17.7 Å². The Kier molecular flexibility index (Phi) is 5.59. The summed E-state index contributed by atoms with van der Waals surface area (Å²) >= 11 is 0. The molecule has 8 nitrogen and oxygen atoms in total. The van der Waals surface area contributed by atoms with Gasteiger partial charge < -0.3 is 24.6 Å². The van der Waals surface area contributed by atoms with Gasteiger partial charge in [-0.05, 0) is 35.7 Å². The van der Waals surface area contributed by atoms with Gasteiger partial charge in [0, 0.05) is 38.0 Å². The Bertz CT molecular complexity index is 1220. The predicted molar refractivity (Wildman–Crippen MR) is 123 cm³/mol. The van der Waals surface area contributed by atoms with Crippen LogP contribution in [0.3, 0.4) is 0 Å². The predicted octanol–water partition coefficient (Wildman–Crippen LogP) is 2.12. The SMILES string of the molecule is CN(c1cnc(-c2ccc(-c3ccn(C)c(=O)c3)cc2O)cn1)[C@@H]1CC2COCC(N2)[C@@H]1F. The molecule has 2 saturated heterocycles. The number of hydrogen-bond donors (Lipinski definition) is 2. The van der Waals surface area contributed by atoms with Crippen molar-refractivity contribution in [2.24, 2.45) is 7.05 Å². The third-order valence-electron chi connectivity index (χ3n) is 6.55. The first-order chi connectivity index (χ1) is 15.9. The maximum absolute atomic E-state index is 15.0. The van der Waals surface area contributed by atoms with Gasteiger partial charge in [-0.25, -0.2) is 9.37 Å². The van der Waals surface area contributed by atoms with Crippen molar-refractivity contribution in [3.8, 4) is 28.1 Å². The number of aromatic nitrogens is 3. The number of rotatable bonds is 4. The fourth-order valence-corrected chi connectivity index (χ4v) is 4.59. The molecule has 5 rings (SSSR count). The largest absolute Gasteiger partial charge is 0.507 e. The van der Waals surface area contributed by atoms with Crippen molar-refractivity contribution in [3.63, 3.8) is 0 Å². The lowest BCUT2D eigenvalue weighted by Crippen LogP contribution is -2.65. The molecule has 4 heterocycles. The summed E-state index contributed by atoms with van der Waals surface area (Å²) in [6.45, 7) is 0.963. The van der Waals surface area contributed by atoms with E-state index in [0.29, 0.717) is 36.7 Å². The lowest BCUT2D eigenvalue weighted by molar-refractivity contribution is -0.0175. The van der Waals surface area contributed by atoms with Crippen LogP contribution in [0.15, 0.2) is 53.7 Å². The quantitative estimate of drug-likeness (QED) is 0.628. The molecule has 0 saturated carbocycles. The van der Waals surface area contributed by atoms with E-state index in [-0.39, 0.29) is 29.4 Å². The molecule has 33 heavy (non-hydrogen) atoms. The van der Waals surface area contributed by atoms with Gasteiger partial charge in [-0.3, -0.25) is 9.78 Å². The summed E-state index contributed by atoms with van der Waals surface area (Å²) in [4.78, 5) is 22.7. The molecule has 172 valence electrons. The number of benzene rings is 1. The number of piperidine rings is 1. The summed E-state index contributed by atoms with van der Waals surface area (Å²) in [6, 6.07) is 8.05. The number of phenols is 1. The zero-order valence-electron chi connectivity index (χ0n) is 18.5. The second kappa shape index (κ2) is 8.57. The van der Waals surface area contributed by atoms with Gasteiger partial charge in [0.15, 0.2) is 0 Å². The molecule has 2 aliphatic heterocycles. The molecule has 4 atom stereocenters. The molecule has 1 aromatic carbocycles. The van der Waals surface area contributed by atoms with E-state index in [9.17, 15) is 14.3 Å². The highest BCUT2D eigenvalue weighted by Gasteiger charge is 2.42. The summed E-state index contributed by atoms with van der Waals surface area (Å²) in [5.41, 5.74) is 2.37. The summed E-state index contributed by atoms with van der Waals surface area (Å²) in [7, 11) is 3.52. The highest BCUT2D eigenvalue weighted by Crippen LogP contribution is 2.33. The molecule has 2 aliphatic rings. The number of phenolic OH excluding ortho intramolecular Hbond substituents is 1. The van der Waals surface area contributed by atoms with Crippen LogP contribution in [-0.4, -0.2) is 64.2 Å². The van der Waals surface area contributed by atoms with Crippen LogP contribution in [0.4, 0.5) is 10.2 Å². The molecular weight excluding hydrogens is 425 g/mol. The number of alkyl halides is 1. The van der Waals surface area contributed by atoms with Crippen LogP contribution in [0.2, 0.25) is 0 Å². The molecule has 0 spiro atoms. The highest BCUT2D eigenvalue weighted by molar-refractivity contribution is 5.74. The van der Waals surface area contributed by atoms with Crippen molar-refractivity contribution >= 4 is 5.82 Å². The molecule has 2 unspecified atom stereocenters. The van der Waals surface area contributed by atoms with Crippen molar-refractivity contribution in [2.45, 2.75) is 30.7 Å². The monoisotopic (exact) mass is 451 g/mol. The van der Waals surface area contributed by atoms with Crippen LogP contribution in [0.5, 0.6) is 5.75 Å². The zero-order chi connectivity index (χ0) is 23.1. The van der Waals surface area contributed by atoms with Crippen molar-refractivity contribution in [3.05, 3.63) is 59.3 Å². The van der Waals surface area contributed by atoms with Crippen LogP contribution in [0.1, 0.15) is 6.42 Å². The van der Waals surface area contributed by atoms with Crippen molar-refractivity contribution in [1.82, 2.24) is 19.9 Å². The topological polar surface area (TPSA) is 92.5 Å². The third-order valence-corrected chi connectivity index (χ3v) is 6.55. The summed E-state index contributed by atoms with van der Waals surface area (Å²) in [5.74, 6) is 0.613. The first-order valence-corrected chi connectivity index (χ1v) is 10.9. The van der Waals surface area contributed by atoms with Gasteiger partial charge in [0.2, 0.25) is 0 Å². The van der Waals surface area contributed by atoms with E-state index in [2.05, 4.69) is 15.3 Å². The maximum Gasteiger partial charge on any atom is 0.250 e. The van der Waals surface area contributed by atoms with Crippen LogP contribution < -0.4 is 15.8 Å². The summed E-state index contributed by atoms with van der Waals surface area (Å²) < 4.78 is 22.0. The molecule has 0 aliphatic carbocycles.